The van der Waals surface area contributed by atoms with Gasteiger partial charge >= 0.3 is 5.97 Å². The predicted molar refractivity (Wildman–Crippen MR) is 118 cm³/mol. The Balaban J connectivity index is 2.33. The summed E-state index contributed by atoms with van der Waals surface area (Å²) in [5, 5.41) is 20.0. The molecule has 2 N–H and O–H groups in total. The van der Waals surface area contributed by atoms with Crippen LogP contribution in [0.4, 0.5) is 0 Å². The molecule has 1 rings (SSSR count). The fourth-order valence-electron chi connectivity index (χ4n) is 3.09. The van der Waals surface area contributed by atoms with Crippen LogP contribution < -0.4 is 0 Å². The first-order valence-corrected chi connectivity index (χ1v) is 12.5. The van der Waals surface area contributed by atoms with Crippen molar-refractivity contribution < 1.29 is 24.5 Å². The van der Waals surface area contributed by atoms with Crippen molar-refractivity contribution in [1.29, 1.82) is 0 Å². The van der Waals surface area contributed by atoms with Gasteiger partial charge in [-0.1, -0.05) is 38.3 Å². The number of esters is 1. The number of ether oxygens (including phenoxy) is 1. The summed E-state index contributed by atoms with van der Waals surface area (Å²) < 4.78 is 5.09. The van der Waals surface area contributed by atoms with Gasteiger partial charge in [0.25, 0.3) is 0 Å². The summed E-state index contributed by atoms with van der Waals surface area (Å²) >= 11 is 3.12. The lowest BCUT2D eigenvalue weighted by Crippen LogP contribution is -2.22. The minimum Gasteiger partial charge on any atom is -0.462 e. The first-order chi connectivity index (χ1) is 13.3. The Hall–Kier alpha value is -0.500. The van der Waals surface area contributed by atoms with Crippen LogP contribution in [0, 0.1) is 5.92 Å². The molecule has 28 heavy (non-hydrogen) atoms. The molecule has 0 aromatic heterocycles. The molecule has 0 aliphatic heterocycles. The van der Waals surface area contributed by atoms with Crippen molar-refractivity contribution in [3.63, 3.8) is 0 Å². The minimum absolute atomic E-state index is 0.0841. The van der Waals surface area contributed by atoms with E-state index >= 15 is 0 Å². The van der Waals surface area contributed by atoms with Gasteiger partial charge in [0.05, 0.1) is 29.3 Å². The van der Waals surface area contributed by atoms with E-state index in [1.165, 1.54) is 0 Å². The number of Topliss-reactive ketones (excluding diaryl/α,β-unsaturated/α-hetero) is 1. The van der Waals surface area contributed by atoms with E-state index in [1.54, 1.807) is 29.6 Å². The van der Waals surface area contributed by atoms with Crippen molar-refractivity contribution in [2.75, 3.05) is 17.3 Å². The van der Waals surface area contributed by atoms with E-state index in [2.05, 4.69) is 6.92 Å². The Morgan fingerprint density at radius 1 is 1.29 bits per heavy atom. The normalized spacial score (nSPS) is 23.6. The van der Waals surface area contributed by atoms with E-state index in [-0.39, 0.29) is 35.4 Å². The Morgan fingerprint density at radius 3 is 2.71 bits per heavy atom. The molecule has 0 bridgehead atoms. The van der Waals surface area contributed by atoms with E-state index in [0.717, 1.165) is 43.6 Å². The summed E-state index contributed by atoms with van der Waals surface area (Å²) in [6.07, 6.45) is 7.30. The summed E-state index contributed by atoms with van der Waals surface area (Å²) in [7, 11) is 0. The molecule has 0 radical (unpaired) electrons. The van der Waals surface area contributed by atoms with Crippen LogP contribution in [0.25, 0.3) is 0 Å². The van der Waals surface area contributed by atoms with E-state index in [4.69, 9.17) is 4.74 Å². The van der Waals surface area contributed by atoms with Gasteiger partial charge in [-0.05, 0) is 38.2 Å². The number of aliphatic hydroxyl groups is 2. The lowest BCUT2D eigenvalue weighted by Gasteiger charge is -2.17. The zero-order valence-corrected chi connectivity index (χ0v) is 19.0. The average Bonchev–Trinajstić information content (AvgIpc) is 2.88. The number of rotatable bonds is 14. The van der Waals surface area contributed by atoms with Gasteiger partial charge in [0, 0.05) is 12.3 Å². The van der Waals surface area contributed by atoms with E-state index in [9.17, 15) is 19.8 Å². The monoisotopic (exact) mass is 432 g/mol. The summed E-state index contributed by atoms with van der Waals surface area (Å²) in [5.41, 5.74) is 0. The van der Waals surface area contributed by atoms with E-state index in [0.29, 0.717) is 5.75 Å². The first kappa shape index (κ1) is 25.5. The lowest BCUT2D eigenvalue weighted by molar-refractivity contribution is -0.144. The van der Waals surface area contributed by atoms with Crippen LogP contribution in [0.2, 0.25) is 0 Å². The number of thioether (sulfide) groups is 2. The predicted octanol–water partition coefficient (Wildman–Crippen LogP) is 3.61. The van der Waals surface area contributed by atoms with Gasteiger partial charge in [-0.2, -0.15) is 11.8 Å². The molecular formula is C21H36O5S2. The van der Waals surface area contributed by atoms with Crippen LogP contribution in [0.1, 0.15) is 59.3 Å². The zero-order chi connectivity index (χ0) is 20.9. The Bertz CT molecular complexity index is 495. The maximum absolute atomic E-state index is 12.2. The van der Waals surface area contributed by atoms with Crippen molar-refractivity contribution in [1.82, 2.24) is 0 Å². The smallest absolute Gasteiger partial charge is 0.316 e. The molecule has 1 aliphatic carbocycles. The van der Waals surface area contributed by atoms with Crippen LogP contribution in [0.5, 0.6) is 0 Å². The highest BCUT2D eigenvalue weighted by molar-refractivity contribution is 8.01. The maximum atomic E-state index is 12.2. The molecule has 162 valence electrons. The van der Waals surface area contributed by atoms with Crippen molar-refractivity contribution in [2.24, 2.45) is 5.92 Å². The van der Waals surface area contributed by atoms with Crippen LogP contribution in [-0.4, -0.2) is 62.8 Å². The number of carbonyl (C=O) groups excluding carboxylic acids is 2. The number of aliphatic hydroxyl groups excluding tert-OH is 2. The first-order valence-electron chi connectivity index (χ1n) is 10.3. The Kier molecular flexibility index (Phi) is 13.2. The van der Waals surface area contributed by atoms with Crippen LogP contribution in [0.3, 0.4) is 0 Å². The molecule has 0 saturated heterocycles. The van der Waals surface area contributed by atoms with Crippen molar-refractivity contribution >= 4 is 35.3 Å². The molecule has 5 nitrogen and oxygen atoms in total. The molecule has 0 amide bonds. The molecular weight excluding hydrogens is 396 g/mol. The Morgan fingerprint density at radius 2 is 2.04 bits per heavy atom. The van der Waals surface area contributed by atoms with Crippen LogP contribution in [0.15, 0.2) is 12.2 Å². The minimum atomic E-state index is -0.663. The third-order valence-electron chi connectivity index (χ3n) is 4.50. The maximum Gasteiger partial charge on any atom is 0.316 e. The summed E-state index contributed by atoms with van der Waals surface area (Å²) in [6.45, 7) is 5.79. The van der Waals surface area contributed by atoms with Gasteiger partial charge < -0.3 is 14.9 Å². The molecule has 0 aromatic rings. The number of hydrogen-bond acceptors (Lipinski definition) is 7. The molecule has 1 aliphatic rings. The van der Waals surface area contributed by atoms with Gasteiger partial charge in [0.2, 0.25) is 0 Å². The van der Waals surface area contributed by atoms with Crippen LogP contribution in [-0.2, 0) is 14.3 Å². The van der Waals surface area contributed by atoms with Crippen molar-refractivity contribution in [3.05, 3.63) is 12.2 Å². The molecule has 4 atom stereocenters. The topological polar surface area (TPSA) is 83.8 Å². The summed E-state index contributed by atoms with van der Waals surface area (Å²) in [6, 6.07) is 0. The molecule has 0 aromatic carbocycles. The SMILES string of the molecule is CCCCCC(O)C=C[C@@H]1C(SCCCSCC(=O)OC(C)C)C(=O)C[C@H]1O. The highest BCUT2D eigenvalue weighted by atomic mass is 32.2. The molecule has 0 heterocycles. The number of carbonyl (C=O) groups is 2. The highest BCUT2D eigenvalue weighted by Crippen LogP contribution is 2.34. The van der Waals surface area contributed by atoms with Crippen molar-refractivity contribution in [2.45, 2.75) is 82.9 Å². The second-order valence-electron chi connectivity index (χ2n) is 7.50. The van der Waals surface area contributed by atoms with Gasteiger partial charge in [0.15, 0.2) is 0 Å². The third kappa shape index (κ3) is 10.3. The van der Waals surface area contributed by atoms with Gasteiger partial charge in [0.1, 0.15) is 5.78 Å². The average molecular weight is 433 g/mol. The second kappa shape index (κ2) is 14.5. The number of ketones is 1. The van der Waals surface area contributed by atoms with Crippen molar-refractivity contribution in [3.8, 4) is 0 Å². The van der Waals surface area contributed by atoms with E-state index in [1.807, 2.05) is 19.9 Å². The zero-order valence-electron chi connectivity index (χ0n) is 17.3. The number of unbranched alkanes of at least 4 members (excludes halogenated alkanes) is 2. The largest absolute Gasteiger partial charge is 0.462 e. The second-order valence-corrected chi connectivity index (χ2v) is 9.85. The molecule has 1 saturated carbocycles. The van der Waals surface area contributed by atoms with E-state index < -0.39 is 12.2 Å². The Labute approximate surface area is 178 Å². The quantitative estimate of drug-likeness (QED) is 0.246. The molecule has 0 spiro atoms. The fraction of sp³-hybridized carbons (Fsp3) is 0.810. The van der Waals surface area contributed by atoms with Gasteiger partial charge in [-0.25, -0.2) is 0 Å². The van der Waals surface area contributed by atoms with Gasteiger partial charge in [-0.3, -0.25) is 9.59 Å². The summed E-state index contributed by atoms with van der Waals surface area (Å²) in [4.78, 5) is 23.7. The molecule has 2 unspecified atom stereocenters. The highest BCUT2D eigenvalue weighted by Gasteiger charge is 2.40. The third-order valence-corrected chi connectivity index (χ3v) is 6.98. The van der Waals surface area contributed by atoms with Gasteiger partial charge in [-0.15, -0.1) is 11.8 Å². The number of hydrogen-bond donors (Lipinski definition) is 2. The fourth-order valence-corrected chi connectivity index (χ4v) is 5.34. The standard InChI is InChI=1S/C21H36O5S2/c1-4-5-6-8-16(22)9-10-17-18(23)13-19(24)21(17)28-12-7-11-27-14-20(25)26-15(2)3/h9-10,15-18,21-23H,4-8,11-14H2,1-3H3/t16?,17-,18+,21?/m0/s1. The van der Waals surface area contributed by atoms with Crippen LogP contribution >= 0.6 is 23.5 Å². The molecule has 1 fully saturated rings. The summed E-state index contributed by atoms with van der Waals surface area (Å²) in [5.74, 6) is 1.65. The molecule has 7 heteroatoms. The lowest BCUT2D eigenvalue weighted by atomic mass is 10.0.